The van der Waals surface area contributed by atoms with Crippen molar-refractivity contribution in [3.63, 3.8) is 0 Å². The lowest BCUT2D eigenvalue weighted by Gasteiger charge is -2.31. The van der Waals surface area contributed by atoms with E-state index in [1.54, 1.807) is 13.0 Å². The van der Waals surface area contributed by atoms with Gasteiger partial charge < -0.3 is 14.8 Å². The molecule has 5 rings (SSSR count). The zero-order chi connectivity index (χ0) is 38.4. The predicted molar refractivity (Wildman–Crippen MR) is 184 cm³/mol. The highest BCUT2D eigenvalue weighted by molar-refractivity contribution is 6.00. The van der Waals surface area contributed by atoms with Crippen LogP contribution in [0.4, 0.5) is 27.9 Å². The second-order valence-corrected chi connectivity index (χ2v) is 13.1. The molecular weight excluding hydrogens is 699 g/mol. The first-order chi connectivity index (χ1) is 25.0. The first-order valence-corrected chi connectivity index (χ1v) is 16.4. The number of ether oxygens (including phenoxy) is 2. The van der Waals surface area contributed by atoms with Gasteiger partial charge in [0.1, 0.15) is 23.1 Å². The summed E-state index contributed by atoms with van der Waals surface area (Å²) in [6, 6.07) is 14.4. The van der Waals surface area contributed by atoms with Gasteiger partial charge in [-0.05, 0) is 65.4 Å². The molecule has 0 fully saturated rings. The smallest absolute Gasteiger partial charge is 0.416 e. The lowest BCUT2D eigenvalue weighted by Crippen LogP contribution is -2.55. The molecule has 2 heterocycles. The van der Waals surface area contributed by atoms with Crippen molar-refractivity contribution in [3.8, 4) is 23.0 Å². The molecule has 53 heavy (non-hydrogen) atoms. The van der Waals surface area contributed by atoms with Gasteiger partial charge >= 0.3 is 6.18 Å². The van der Waals surface area contributed by atoms with Gasteiger partial charge in [0.05, 0.1) is 36.8 Å². The number of carbonyl (C=O) groups is 2. The molecule has 0 saturated heterocycles. The minimum atomic E-state index is -4.58. The van der Waals surface area contributed by atoms with E-state index in [1.807, 2.05) is 18.2 Å². The van der Waals surface area contributed by atoms with E-state index in [0.29, 0.717) is 18.2 Å². The van der Waals surface area contributed by atoms with E-state index in [2.05, 4.69) is 51.3 Å². The Hall–Kier alpha value is -5.99. The summed E-state index contributed by atoms with van der Waals surface area (Å²) in [6.45, 7) is 7.95. The van der Waals surface area contributed by atoms with Crippen molar-refractivity contribution in [2.75, 3.05) is 5.32 Å². The average Bonchev–Trinajstić information content (AvgIpc) is 3.08. The Labute approximate surface area is 301 Å². The first kappa shape index (κ1) is 38.2. The molecular formula is C38H35F5N6O4. The monoisotopic (exact) mass is 734 g/mol. The SMILES string of the molecule is CCCC(NC(=O)Cc1cc(F)cc(F)c1)(C(=O)Nc1ncc(Oc2cccc(C(F)(F)F)c2)cn1)c1ncc(Oc2cccc(C(C)(C)C)c2)cn1. The van der Waals surface area contributed by atoms with Gasteiger partial charge in [0, 0.05) is 6.07 Å². The van der Waals surface area contributed by atoms with Crippen LogP contribution in [0, 0.1) is 11.6 Å². The molecule has 0 aliphatic heterocycles. The quantitative estimate of drug-likeness (QED) is 0.122. The summed E-state index contributed by atoms with van der Waals surface area (Å²) in [5.41, 5.74) is -1.94. The van der Waals surface area contributed by atoms with Crippen LogP contribution in [0.5, 0.6) is 23.0 Å². The van der Waals surface area contributed by atoms with Crippen LogP contribution in [0.25, 0.3) is 0 Å². The van der Waals surface area contributed by atoms with Crippen molar-refractivity contribution in [1.82, 2.24) is 25.3 Å². The number of carbonyl (C=O) groups excluding carboxylic acids is 2. The largest absolute Gasteiger partial charge is 0.454 e. The lowest BCUT2D eigenvalue weighted by molar-refractivity contribution is -0.137. The third-order valence-electron chi connectivity index (χ3n) is 7.85. The molecule has 1 unspecified atom stereocenters. The summed E-state index contributed by atoms with van der Waals surface area (Å²) in [5, 5.41) is 5.21. The molecule has 3 aromatic carbocycles. The molecule has 15 heteroatoms. The van der Waals surface area contributed by atoms with Crippen LogP contribution in [0.1, 0.15) is 63.1 Å². The van der Waals surface area contributed by atoms with Gasteiger partial charge in [-0.25, -0.2) is 28.7 Å². The molecule has 1 atom stereocenters. The Balaban J connectivity index is 1.42. The highest BCUT2D eigenvalue weighted by Crippen LogP contribution is 2.33. The normalized spacial score (nSPS) is 12.8. The van der Waals surface area contributed by atoms with Gasteiger partial charge in [0.15, 0.2) is 22.9 Å². The highest BCUT2D eigenvalue weighted by Gasteiger charge is 2.44. The number of benzene rings is 3. The standard InChI is InChI=1S/C38H35F5N6O4/c1-5-12-37(49-32(50)15-23-13-26(39)18-27(40)14-23,33-44-19-30(20-45-33)52-28-10-6-8-24(16-28)36(2,3)4)34(51)48-35-46-21-31(22-47-35)53-29-11-7-9-25(17-29)38(41,42)43/h6-11,13-14,16-22H,5,12,15H2,1-4H3,(H,49,50)(H,46,47,48,51). The summed E-state index contributed by atoms with van der Waals surface area (Å²) >= 11 is 0. The van der Waals surface area contributed by atoms with Crippen LogP contribution in [-0.2, 0) is 33.1 Å². The third-order valence-corrected chi connectivity index (χ3v) is 7.85. The summed E-state index contributed by atoms with van der Waals surface area (Å²) in [5.74, 6) is -3.12. The fraction of sp³-hybridized carbons (Fsp3) is 0.263. The van der Waals surface area contributed by atoms with Gasteiger partial charge in [0.25, 0.3) is 5.91 Å². The van der Waals surface area contributed by atoms with Crippen LogP contribution >= 0.6 is 0 Å². The Morgan fingerprint density at radius 3 is 1.77 bits per heavy atom. The van der Waals surface area contributed by atoms with Crippen molar-refractivity contribution in [2.45, 2.75) is 64.1 Å². The molecule has 276 valence electrons. The van der Waals surface area contributed by atoms with Gasteiger partial charge in [-0.3, -0.25) is 14.9 Å². The number of alkyl halides is 3. The van der Waals surface area contributed by atoms with E-state index in [1.165, 1.54) is 24.5 Å². The van der Waals surface area contributed by atoms with E-state index in [4.69, 9.17) is 9.47 Å². The average molecular weight is 735 g/mol. The molecule has 5 aromatic rings. The van der Waals surface area contributed by atoms with Gasteiger partial charge in [0.2, 0.25) is 11.9 Å². The number of hydrogen-bond acceptors (Lipinski definition) is 8. The predicted octanol–water partition coefficient (Wildman–Crippen LogP) is 8.44. The number of anilines is 1. The van der Waals surface area contributed by atoms with E-state index in [9.17, 15) is 31.5 Å². The minimum Gasteiger partial charge on any atom is -0.454 e. The summed E-state index contributed by atoms with van der Waals surface area (Å²) < 4.78 is 78.7. The zero-order valence-electron chi connectivity index (χ0n) is 29.1. The number of nitrogens with one attached hydrogen (secondary N) is 2. The number of nitrogens with zero attached hydrogens (tertiary/aromatic N) is 4. The van der Waals surface area contributed by atoms with Gasteiger partial charge in [-0.2, -0.15) is 13.2 Å². The molecule has 0 bridgehead atoms. The van der Waals surface area contributed by atoms with E-state index in [-0.39, 0.29) is 46.4 Å². The molecule has 0 saturated carbocycles. The maximum Gasteiger partial charge on any atom is 0.416 e. The van der Waals surface area contributed by atoms with Crippen molar-refractivity contribution in [2.24, 2.45) is 0 Å². The number of aromatic nitrogens is 4. The molecule has 0 aliphatic carbocycles. The Bertz CT molecular complexity index is 2050. The maximum absolute atomic E-state index is 14.2. The Kier molecular flexibility index (Phi) is 11.3. The van der Waals surface area contributed by atoms with Gasteiger partial charge in [-0.1, -0.05) is 52.3 Å². The number of amides is 2. The molecule has 0 spiro atoms. The Morgan fingerprint density at radius 2 is 1.25 bits per heavy atom. The number of hydrogen-bond donors (Lipinski definition) is 2. The summed E-state index contributed by atoms with van der Waals surface area (Å²) in [7, 11) is 0. The molecule has 0 radical (unpaired) electrons. The van der Waals surface area contributed by atoms with Crippen LogP contribution < -0.4 is 20.1 Å². The lowest BCUT2D eigenvalue weighted by atomic mass is 9.87. The Morgan fingerprint density at radius 1 is 0.717 bits per heavy atom. The summed E-state index contributed by atoms with van der Waals surface area (Å²) in [6.07, 6.45) is 0.185. The molecule has 2 amide bonds. The minimum absolute atomic E-state index is 0.0210. The topological polar surface area (TPSA) is 128 Å². The van der Waals surface area contributed by atoms with E-state index in [0.717, 1.165) is 42.2 Å². The van der Waals surface area contributed by atoms with Crippen LogP contribution in [0.3, 0.4) is 0 Å². The van der Waals surface area contributed by atoms with Gasteiger partial charge in [-0.15, -0.1) is 0 Å². The number of rotatable bonds is 12. The van der Waals surface area contributed by atoms with Crippen LogP contribution in [0.2, 0.25) is 0 Å². The maximum atomic E-state index is 14.2. The van der Waals surface area contributed by atoms with Crippen LogP contribution in [0.15, 0.2) is 91.5 Å². The molecule has 10 nitrogen and oxygen atoms in total. The van der Waals surface area contributed by atoms with E-state index < -0.39 is 47.1 Å². The summed E-state index contributed by atoms with van der Waals surface area (Å²) in [4.78, 5) is 44.5. The fourth-order valence-electron chi connectivity index (χ4n) is 5.32. The second kappa shape index (κ2) is 15.7. The number of halogens is 5. The van der Waals surface area contributed by atoms with Crippen LogP contribution in [-0.4, -0.2) is 31.8 Å². The van der Waals surface area contributed by atoms with Crippen molar-refractivity contribution in [3.05, 3.63) is 126 Å². The molecule has 0 aliphatic rings. The third kappa shape index (κ3) is 9.87. The molecule has 2 N–H and O–H groups in total. The fourth-order valence-corrected chi connectivity index (χ4v) is 5.32. The highest BCUT2D eigenvalue weighted by atomic mass is 19.4. The zero-order valence-corrected chi connectivity index (χ0v) is 29.1. The molecule has 2 aromatic heterocycles. The van der Waals surface area contributed by atoms with E-state index >= 15 is 0 Å². The first-order valence-electron chi connectivity index (χ1n) is 16.4. The van der Waals surface area contributed by atoms with Crippen molar-refractivity contribution >= 4 is 17.8 Å². The second-order valence-electron chi connectivity index (χ2n) is 13.1. The van der Waals surface area contributed by atoms with Crippen molar-refractivity contribution < 1.29 is 41.0 Å². The van der Waals surface area contributed by atoms with Crippen molar-refractivity contribution in [1.29, 1.82) is 0 Å².